The molecule has 0 aromatic heterocycles. The predicted octanol–water partition coefficient (Wildman–Crippen LogP) is 17.0. The van der Waals surface area contributed by atoms with Gasteiger partial charge in [-0.3, -0.25) is 0 Å². The summed E-state index contributed by atoms with van der Waals surface area (Å²) < 4.78 is 13.9. The fourth-order valence-electron chi connectivity index (χ4n) is 12.1. The van der Waals surface area contributed by atoms with Gasteiger partial charge in [0, 0.05) is 39.8 Å². The Morgan fingerprint density at radius 2 is 1.03 bits per heavy atom. The lowest BCUT2D eigenvalue weighted by Gasteiger charge is -2.29. The van der Waals surface area contributed by atoms with E-state index in [9.17, 15) is 10.2 Å². The summed E-state index contributed by atoms with van der Waals surface area (Å²) in [7, 11) is 0. The van der Waals surface area contributed by atoms with Gasteiger partial charge in [-0.1, -0.05) is 51.1 Å². The first kappa shape index (κ1) is 47.6. The van der Waals surface area contributed by atoms with Crippen LogP contribution in [-0.2, 0) is 38.5 Å². The second kappa shape index (κ2) is 21.0. The van der Waals surface area contributed by atoms with Gasteiger partial charge in [0.15, 0.2) is 0 Å². The second-order valence-corrected chi connectivity index (χ2v) is 20.8. The minimum atomic E-state index is -0.201. The number of aromatic hydroxyl groups is 2. The van der Waals surface area contributed by atoms with E-state index in [1.54, 1.807) is 0 Å². The lowest BCUT2D eigenvalue weighted by molar-refractivity contribution is 0.131. The van der Waals surface area contributed by atoms with E-state index in [4.69, 9.17) is 16.1 Å². The summed E-state index contributed by atoms with van der Waals surface area (Å²) in [5.41, 5.74) is 22.3. The van der Waals surface area contributed by atoms with Crippen LogP contribution in [0, 0.1) is 13.8 Å². The Morgan fingerprint density at radius 1 is 0.529 bits per heavy atom. The molecule has 9 rings (SSSR count). The first-order valence-electron chi connectivity index (χ1n) is 26.6. The molecule has 2 N–H and O–H groups in total. The van der Waals surface area contributed by atoms with Gasteiger partial charge in [-0.2, -0.15) is 0 Å². The molecule has 2 atom stereocenters. The van der Waals surface area contributed by atoms with Gasteiger partial charge in [0.2, 0.25) is 0 Å². The van der Waals surface area contributed by atoms with E-state index < -0.39 is 0 Å². The molecule has 0 aliphatic heterocycles. The molecule has 4 nitrogen and oxygen atoms in total. The molecule has 68 heavy (non-hydrogen) atoms. The van der Waals surface area contributed by atoms with Crippen molar-refractivity contribution in [2.75, 3.05) is 0 Å². The van der Waals surface area contributed by atoms with E-state index in [2.05, 4.69) is 114 Å². The minimum Gasteiger partial charge on any atom is -0.507 e. The Morgan fingerprint density at radius 3 is 1.62 bits per heavy atom. The summed E-state index contributed by atoms with van der Waals surface area (Å²) in [4.78, 5) is 0. The van der Waals surface area contributed by atoms with Gasteiger partial charge < -0.3 is 19.7 Å². The Labute approximate surface area is 408 Å². The summed E-state index contributed by atoms with van der Waals surface area (Å²) in [5.74, 6) is 2.18. The predicted molar refractivity (Wildman–Crippen MR) is 285 cm³/mol. The average Bonchev–Trinajstić information content (AvgIpc) is 3.34. The zero-order valence-corrected chi connectivity index (χ0v) is 42.1. The van der Waals surface area contributed by atoms with Crippen molar-refractivity contribution >= 4 is 5.57 Å². The highest BCUT2D eigenvalue weighted by Crippen LogP contribution is 2.50. The highest BCUT2D eigenvalue weighted by Gasteiger charge is 2.28. The largest absolute Gasteiger partial charge is 0.507 e. The Bertz CT molecular complexity index is 2730. The van der Waals surface area contributed by atoms with E-state index in [0.717, 1.165) is 144 Å². The van der Waals surface area contributed by atoms with Gasteiger partial charge in [-0.25, -0.2) is 0 Å². The van der Waals surface area contributed by atoms with E-state index in [1.807, 2.05) is 0 Å². The van der Waals surface area contributed by atoms with Crippen molar-refractivity contribution < 1.29 is 19.7 Å². The summed E-state index contributed by atoms with van der Waals surface area (Å²) in [6.07, 6.45) is 23.9. The van der Waals surface area contributed by atoms with Crippen molar-refractivity contribution in [1.29, 1.82) is 0 Å². The van der Waals surface area contributed by atoms with Crippen molar-refractivity contribution in [3.05, 3.63) is 146 Å². The number of hydrogen-bond donors (Lipinski definition) is 2. The lowest BCUT2D eigenvalue weighted by atomic mass is 9.76. The quantitative estimate of drug-likeness (QED) is 0.131. The van der Waals surface area contributed by atoms with E-state index >= 15 is 0 Å². The van der Waals surface area contributed by atoms with Crippen molar-refractivity contribution in [3.63, 3.8) is 0 Å². The lowest BCUT2D eigenvalue weighted by Crippen LogP contribution is -2.23. The molecule has 0 spiro atoms. The van der Waals surface area contributed by atoms with Crippen LogP contribution in [0.25, 0.3) is 39.0 Å². The maximum atomic E-state index is 12.5. The number of rotatable bonds is 12. The van der Waals surface area contributed by atoms with E-state index in [-0.39, 0.29) is 12.2 Å². The highest BCUT2D eigenvalue weighted by molar-refractivity contribution is 5.92. The number of benzene rings is 5. The molecule has 0 saturated heterocycles. The van der Waals surface area contributed by atoms with Crippen LogP contribution >= 0.6 is 0 Å². The van der Waals surface area contributed by atoms with Gasteiger partial charge in [-0.15, -0.1) is 0 Å². The molecule has 356 valence electrons. The van der Waals surface area contributed by atoms with Crippen LogP contribution in [0.1, 0.15) is 168 Å². The van der Waals surface area contributed by atoms with Gasteiger partial charge in [-0.05, 0) is 264 Å². The number of ether oxygens (including phenoxy) is 2. The molecule has 0 heterocycles. The number of allylic oxidation sites excluding steroid dienone is 5. The van der Waals surface area contributed by atoms with Crippen LogP contribution < -0.4 is 9.47 Å². The Kier molecular flexibility index (Phi) is 14.7. The molecule has 5 aromatic carbocycles. The molecule has 1 unspecified atom stereocenters. The van der Waals surface area contributed by atoms with E-state index in [1.165, 1.54) is 95.0 Å². The summed E-state index contributed by atoms with van der Waals surface area (Å²) in [6.45, 7) is 17.6. The second-order valence-electron chi connectivity index (χ2n) is 20.8. The Balaban J connectivity index is 1.02. The molecule has 4 aliphatic rings. The zero-order valence-electron chi connectivity index (χ0n) is 42.1. The first-order valence-corrected chi connectivity index (χ1v) is 26.6. The van der Waals surface area contributed by atoms with Gasteiger partial charge >= 0.3 is 0 Å². The number of phenolic OH excluding ortho intramolecular Hbond substituents is 2. The molecule has 0 amide bonds. The number of phenols is 2. The Hall–Kier alpha value is -5.48. The molecular formula is C64H76O4. The highest BCUT2D eigenvalue weighted by atomic mass is 16.5. The maximum Gasteiger partial charge on any atom is 0.131 e. The zero-order chi connectivity index (χ0) is 47.5. The number of aryl methyl sites for hydroxylation is 6. The topological polar surface area (TPSA) is 58.9 Å². The van der Waals surface area contributed by atoms with Crippen molar-refractivity contribution in [2.45, 2.75) is 182 Å². The molecule has 1 saturated carbocycles. The van der Waals surface area contributed by atoms with Crippen molar-refractivity contribution in [1.82, 2.24) is 0 Å². The van der Waals surface area contributed by atoms with Crippen LogP contribution in [0.2, 0.25) is 0 Å². The average molecular weight is 909 g/mol. The first-order chi connectivity index (χ1) is 33.0. The third-order valence-corrected chi connectivity index (χ3v) is 15.6. The summed E-state index contributed by atoms with van der Waals surface area (Å²) in [5, 5.41) is 25.1. The fourth-order valence-corrected chi connectivity index (χ4v) is 12.1. The molecule has 0 radical (unpaired) electrons. The fraction of sp³-hybridized carbons (Fsp3) is 0.438. The summed E-state index contributed by atoms with van der Waals surface area (Å²) >= 11 is 0. The van der Waals surface area contributed by atoms with Gasteiger partial charge in [0.05, 0.1) is 12.2 Å². The summed E-state index contributed by atoms with van der Waals surface area (Å²) in [6, 6.07) is 24.1. The number of hydrogen-bond acceptors (Lipinski definition) is 4. The monoisotopic (exact) mass is 909 g/mol. The molecule has 1 fully saturated rings. The molecule has 4 heteroatoms. The van der Waals surface area contributed by atoms with E-state index in [0.29, 0.717) is 17.9 Å². The minimum absolute atomic E-state index is 0.196. The van der Waals surface area contributed by atoms with Crippen LogP contribution in [0.3, 0.4) is 0 Å². The smallest absolute Gasteiger partial charge is 0.131 e. The van der Waals surface area contributed by atoms with Crippen molar-refractivity contribution in [3.8, 4) is 56.4 Å². The van der Waals surface area contributed by atoms with Gasteiger partial charge in [0.1, 0.15) is 23.0 Å². The molecular weight excluding hydrogens is 833 g/mol. The third-order valence-electron chi connectivity index (χ3n) is 15.6. The number of fused-ring (bicyclic) bond motifs is 3. The molecule has 5 aromatic rings. The van der Waals surface area contributed by atoms with Crippen LogP contribution in [0.5, 0.6) is 23.0 Å². The SMILES string of the molecule is C=C1CCCCC/C=C2/CCCCC2=C1c1cc(C)cc(-c2cc(CC)ccc2O[C@@H](C)CC(C)Oc2ccc(CC)cc2-c2cc(C)cc(-c3c4c(cc5c3CCCC5)CCCC4)c2O)c1O. The normalized spacial score (nSPS) is 18.1. The molecule has 0 bridgehead atoms. The van der Waals surface area contributed by atoms with Gasteiger partial charge in [0.25, 0.3) is 0 Å². The molecule has 4 aliphatic carbocycles. The maximum absolute atomic E-state index is 12.5. The van der Waals surface area contributed by atoms with Crippen LogP contribution in [0.15, 0.2) is 96.1 Å². The third kappa shape index (κ3) is 9.99. The van der Waals surface area contributed by atoms with Crippen LogP contribution in [0.4, 0.5) is 0 Å². The standard InChI is InChI=1S/C64H76O4/c1-8-45-28-30-59(53(37-45)55-32-40(3)34-57(63(55)65)61-42(5)20-12-10-11-13-21-47-22-14-17-25-50(47)61)67-43(6)36-44(7)68-60-31-29-46(9-2)38-54(60)56-33-41(4)35-58(64(56)66)62-51-26-18-15-23-48(51)39-49-24-16-19-27-52(49)62/h21,28-35,37-39,43-44,65-66H,5,8-20,22-27,36H2,1-4,6-7H3/b47-21-,61-50?/t43-,44?/m0/s1. The van der Waals surface area contributed by atoms with Crippen LogP contribution in [-0.4, -0.2) is 22.4 Å². The van der Waals surface area contributed by atoms with Crippen molar-refractivity contribution in [2.24, 2.45) is 0 Å².